The summed E-state index contributed by atoms with van der Waals surface area (Å²) >= 11 is 0. The fourth-order valence-corrected chi connectivity index (χ4v) is 2.36. The number of piperidine rings is 1. The van der Waals surface area contributed by atoms with E-state index < -0.39 is 0 Å². The minimum atomic E-state index is 0.160. The maximum absolute atomic E-state index is 11.0. The van der Waals surface area contributed by atoms with Crippen LogP contribution in [0.1, 0.15) is 29.6 Å². The Kier molecular flexibility index (Phi) is 3.57. The Morgan fingerprint density at radius 3 is 2.94 bits per heavy atom. The van der Waals surface area contributed by atoms with Crippen LogP contribution in [-0.2, 0) is 0 Å². The van der Waals surface area contributed by atoms with Gasteiger partial charge in [-0.05, 0) is 31.4 Å². The van der Waals surface area contributed by atoms with Gasteiger partial charge in [-0.25, -0.2) is 0 Å². The zero-order valence-electron chi connectivity index (χ0n) is 9.30. The number of nitrogens with zero attached hydrogens (tertiary/aromatic N) is 1. The summed E-state index contributed by atoms with van der Waals surface area (Å²) in [5.74, 6) is 0. The van der Waals surface area contributed by atoms with Gasteiger partial charge in [-0.2, -0.15) is 0 Å². The quantitative estimate of drug-likeness (QED) is 0.789. The molecule has 0 saturated carbocycles. The maximum atomic E-state index is 11.0. The van der Waals surface area contributed by atoms with Gasteiger partial charge in [0.1, 0.15) is 0 Å². The van der Waals surface area contributed by atoms with Crippen LogP contribution in [0.15, 0.2) is 24.3 Å². The molecule has 0 spiro atoms. The third kappa shape index (κ3) is 2.09. The summed E-state index contributed by atoms with van der Waals surface area (Å²) in [6.07, 6.45) is 4.18. The topological polar surface area (TPSA) is 40.5 Å². The number of carbonyl (C=O) groups excluding carboxylic acids is 1. The van der Waals surface area contributed by atoms with Crippen LogP contribution >= 0.6 is 0 Å². The highest BCUT2D eigenvalue weighted by Gasteiger charge is 2.23. The zero-order valence-corrected chi connectivity index (χ0v) is 9.30. The second-order valence-electron chi connectivity index (χ2n) is 4.20. The molecule has 1 saturated heterocycles. The molecular weight excluding hydrogens is 202 g/mol. The second kappa shape index (κ2) is 5.12. The molecule has 2 rings (SSSR count). The Balaban J connectivity index is 2.30. The molecule has 0 aliphatic carbocycles. The third-order valence-electron chi connectivity index (χ3n) is 3.21. The van der Waals surface area contributed by atoms with Crippen molar-refractivity contribution in [3.8, 4) is 0 Å². The van der Waals surface area contributed by atoms with Gasteiger partial charge in [0, 0.05) is 17.8 Å². The monoisotopic (exact) mass is 219 g/mol. The lowest BCUT2D eigenvalue weighted by molar-refractivity contribution is 0.112. The van der Waals surface area contributed by atoms with Crippen molar-refractivity contribution in [2.45, 2.75) is 25.3 Å². The number of carbonyl (C=O) groups is 1. The van der Waals surface area contributed by atoms with Gasteiger partial charge in [-0.15, -0.1) is 0 Å². The summed E-state index contributed by atoms with van der Waals surface area (Å²) in [7, 11) is 0. The van der Waals surface area contributed by atoms with Gasteiger partial charge in [0.05, 0.1) is 12.6 Å². The number of aldehydes is 1. The van der Waals surface area contributed by atoms with Crippen molar-refractivity contribution in [3.63, 3.8) is 0 Å². The lowest BCUT2D eigenvalue weighted by Crippen LogP contribution is -2.42. The Morgan fingerprint density at radius 1 is 1.38 bits per heavy atom. The Morgan fingerprint density at radius 2 is 2.19 bits per heavy atom. The number of aliphatic hydroxyl groups is 1. The van der Waals surface area contributed by atoms with Gasteiger partial charge < -0.3 is 10.0 Å². The van der Waals surface area contributed by atoms with Gasteiger partial charge in [0.15, 0.2) is 6.29 Å². The fourth-order valence-electron chi connectivity index (χ4n) is 2.36. The van der Waals surface area contributed by atoms with Gasteiger partial charge in [-0.1, -0.05) is 12.1 Å². The first kappa shape index (κ1) is 11.1. The van der Waals surface area contributed by atoms with Crippen molar-refractivity contribution in [2.24, 2.45) is 0 Å². The molecule has 1 aromatic rings. The average Bonchev–Trinajstić information content (AvgIpc) is 2.38. The fraction of sp³-hybridized carbons (Fsp3) is 0.462. The predicted molar refractivity (Wildman–Crippen MR) is 63.9 cm³/mol. The molecule has 1 fully saturated rings. The summed E-state index contributed by atoms with van der Waals surface area (Å²) in [4.78, 5) is 13.1. The molecule has 3 nitrogen and oxygen atoms in total. The van der Waals surface area contributed by atoms with E-state index in [2.05, 4.69) is 4.90 Å². The normalized spacial score (nSPS) is 20.8. The van der Waals surface area contributed by atoms with Gasteiger partial charge in [0.25, 0.3) is 0 Å². The van der Waals surface area contributed by atoms with Crippen molar-refractivity contribution in [3.05, 3.63) is 29.8 Å². The van der Waals surface area contributed by atoms with E-state index in [1.54, 1.807) is 0 Å². The number of anilines is 1. The first-order valence-electron chi connectivity index (χ1n) is 5.78. The van der Waals surface area contributed by atoms with Crippen LogP contribution in [-0.4, -0.2) is 30.6 Å². The van der Waals surface area contributed by atoms with Crippen molar-refractivity contribution in [1.29, 1.82) is 0 Å². The molecule has 0 amide bonds. The molecule has 1 unspecified atom stereocenters. The van der Waals surface area contributed by atoms with E-state index in [-0.39, 0.29) is 12.6 Å². The van der Waals surface area contributed by atoms with Crippen molar-refractivity contribution < 1.29 is 9.90 Å². The number of aliphatic hydroxyl groups excluding tert-OH is 1. The number of benzene rings is 1. The molecule has 0 radical (unpaired) electrons. The smallest absolute Gasteiger partial charge is 0.152 e. The van der Waals surface area contributed by atoms with Crippen molar-refractivity contribution in [2.75, 3.05) is 18.1 Å². The molecule has 0 aromatic heterocycles. The Hall–Kier alpha value is -1.35. The Labute approximate surface area is 95.7 Å². The third-order valence-corrected chi connectivity index (χ3v) is 3.21. The maximum Gasteiger partial charge on any atom is 0.152 e. The summed E-state index contributed by atoms with van der Waals surface area (Å²) in [5.41, 5.74) is 1.67. The summed E-state index contributed by atoms with van der Waals surface area (Å²) < 4.78 is 0. The van der Waals surface area contributed by atoms with E-state index in [0.717, 1.165) is 37.8 Å². The second-order valence-corrected chi connectivity index (χ2v) is 4.20. The van der Waals surface area contributed by atoms with Crippen LogP contribution in [0.3, 0.4) is 0 Å². The van der Waals surface area contributed by atoms with Crippen molar-refractivity contribution >= 4 is 12.0 Å². The standard InChI is InChI=1S/C13H17NO2/c15-9-11-5-1-2-7-13(11)14-8-4-3-6-12(14)10-16/h1-2,5,7,9,12,16H,3-4,6,8,10H2. The molecule has 3 heteroatoms. The summed E-state index contributed by atoms with van der Waals surface area (Å²) in [5, 5.41) is 9.36. The molecule has 1 aliphatic rings. The molecule has 0 bridgehead atoms. The van der Waals surface area contributed by atoms with E-state index in [9.17, 15) is 9.90 Å². The molecule has 1 N–H and O–H groups in total. The van der Waals surface area contributed by atoms with E-state index in [4.69, 9.17) is 0 Å². The molecule has 1 aliphatic heterocycles. The van der Waals surface area contributed by atoms with Crippen LogP contribution in [0.5, 0.6) is 0 Å². The number of para-hydroxylation sites is 1. The summed E-state index contributed by atoms with van der Waals surface area (Å²) in [6.45, 7) is 1.09. The summed E-state index contributed by atoms with van der Waals surface area (Å²) in [6, 6.07) is 7.74. The SMILES string of the molecule is O=Cc1ccccc1N1CCCCC1CO. The first-order chi connectivity index (χ1) is 7.86. The number of hydrogen-bond acceptors (Lipinski definition) is 3. The van der Waals surface area contributed by atoms with E-state index >= 15 is 0 Å². The number of rotatable bonds is 3. The van der Waals surface area contributed by atoms with Crippen LogP contribution in [0.25, 0.3) is 0 Å². The highest BCUT2D eigenvalue weighted by Crippen LogP contribution is 2.26. The highest BCUT2D eigenvalue weighted by atomic mass is 16.3. The molecule has 86 valence electrons. The first-order valence-corrected chi connectivity index (χ1v) is 5.78. The molecule has 1 atom stereocenters. The lowest BCUT2D eigenvalue weighted by atomic mass is 10.0. The molecule has 16 heavy (non-hydrogen) atoms. The molecule has 1 aromatic carbocycles. The Bertz CT molecular complexity index is 365. The molecule has 1 heterocycles. The van der Waals surface area contributed by atoms with Gasteiger partial charge >= 0.3 is 0 Å². The highest BCUT2D eigenvalue weighted by molar-refractivity contribution is 5.84. The van der Waals surface area contributed by atoms with E-state index in [0.29, 0.717) is 5.56 Å². The van der Waals surface area contributed by atoms with Gasteiger partial charge in [0.2, 0.25) is 0 Å². The predicted octanol–water partition coefficient (Wildman–Crippen LogP) is 1.85. The van der Waals surface area contributed by atoms with Crippen LogP contribution in [0.4, 0.5) is 5.69 Å². The number of hydrogen-bond donors (Lipinski definition) is 1. The van der Waals surface area contributed by atoms with Gasteiger partial charge in [-0.3, -0.25) is 4.79 Å². The minimum Gasteiger partial charge on any atom is -0.394 e. The average molecular weight is 219 g/mol. The van der Waals surface area contributed by atoms with Crippen LogP contribution in [0, 0.1) is 0 Å². The molecular formula is C13H17NO2. The van der Waals surface area contributed by atoms with Crippen molar-refractivity contribution in [1.82, 2.24) is 0 Å². The zero-order chi connectivity index (χ0) is 11.4. The van der Waals surface area contributed by atoms with E-state index in [1.165, 1.54) is 0 Å². The minimum absolute atomic E-state index is 0.160. The van der Waals surface area contributed by atoms with Crippen LogP contribution in [0.2, 0.25) is 0 Å². The van der Waals surface area contributed by atoms with Crippen LogP contribution < -0.4 is 4.90 Å². The lowest BCUT2D eigenvalue weighted by Gasteiger charge is -2.37. The van der Waals surface area contributed by atoms with E-state index in [1.807, 2.05) is 24.3 Å². The largest absolute Gasteiger partial charge is 0.394 e.